The van der Waals surface area contributed by atoms with E-state index in [1.807, 2.05) is 28.8 Å². The third-order valence-corrected chi connectivity index (χ3v) is 3.52. The van der Waals surface area contributed by atoms with Gasteiger partial charge in [-0.3, -0.25) is 4.57 Å². The van der Waals surface area contributed by atoms with E-state index in [1.165, 1.54) is 0 Å². The summed E-state index contributed by atoms with van der Waals surface area (Å²) >= 11 is 0. The molecule has 1 aliphatic rings. The molecule has 1 fully saturated rings. The molecule has 1 saturated heterocycles. The van der Waals surface area contributed by atoms with Crippen LogP contribution in [0.1, 0.15) is 12.8 Å². The Morgan fingerprint density at radius 1 is 1.11 bits per heavy atom. The minimum absolute atomic E-state index is 0.300. The summed E-state index contributed by atoms with van der Waals surface area (Å²) in [5.41, 5.74) is 0.992. The summed E-state index contributed by atoms with van der Waals surface area (Å²) in [6.07, 6.45) is 5.84. The average molecular weight is 258 g/mol. The zero-order valence-electron chi connectivity index (χ0n) is 11.1. The van der Waals surface area contributed by atoms with Crippen LogP contribution in [0.5, 0.6) is 5.75 Å². The lowest BCUT2D eigenvalue weighted by atomic mass is 10.1. The molecular formula is C14H18N4O. The molecule has 0 aliphatic carbocycles. The van der Waals surface area contributed by atoms with Crippen molar-refractivity contribution in [1.29, 1.82) is 0 Å². The second-order valence-electron chi connectivity index (χ2n) is 4.96. The van der Waals surface area contributed by atoms with Crippen LogP contribution in [0.3, 0.4) is 0 Å². The lowest BCUT2D eigenvalue weighted by molar-refractivity contribution is 0.114. The van der Waals surface area contributed by atoms with Crippen LogP contribution >= 0.6 is 0 Å². The summed E-state index contributed by atoms with van der Waals surface area (Å²) in [5, 5.41) is 7.69. The molecule has 0 unspecified atom stereocenters. The maximum absolute atomic E-state index is 6.16. The maximum atomic E-state index is 6.16. The lowest BCUT2D eigenvalue weighted by Gasteiger charge is -2.29. The van der Waals surface area contributed by atoms with E-state index in [2.05, 4.69) is 22.1 Å². The second-order valence-corrected chi connectivity index (χ2v) is 4.96. The maximum Gasteiger partial charge on any atom is 0.143 e. The second kappa shape index (κ2) is 5.40. The highest BCUT2D eigenvalue weighted by molar-refractivity contribution is 5.46. The summed E-state index contributed by atoms with van der Waals surface area (Å²) in [6.45, 7) is 2.19. The highest BCUT2D eigenvalue weighted by atomic mass is 16.5. The van der Waals surface area contributed by atoms with E-state index >= 15 is 0 Å². The van der Waals surface area contributed by atoms with Crippen molar-refractivity contribution < 1.29 is 4.74 Å². The molecular weight excluding hydrogens is 240 g/mol. The van der Waals surface area contributed by atoms with Gasteiger partial charge in [-0.2, -0.15) is 0 Å². The van der Waals surface area contributed by atoms with Gasteiger partial charge >= 0.3 is 0 Å². The fraction of sp³-hybridized carbons (Fsp3) is 0.429. The smallest absolute Gasteiger partial charge is 0.143 e. The molecule has 5 nitrogen and oxygen atoms in total. The van der Waals surface area contributed by atoms with E-state index in [1.54, 1.807) is 12.7 Å². The van der Waals surface area contributed by atoms with Crippen LogP contribution < -0.4 is 4.74 Å². The molecule has 1 aliphatic heterocycles. The van der Waals surface area contributed by atoms with Crippen molar-refractivity contribution in [2.75, 3.05) is 20.1 Å². The Labute approximate surface area is 112 Å². The van der Waals surface area contributed by atoms with E-state index in [0.29, 0.717) is 6.10 Å². The summed E-state index contributed by atoms with van der Waals surface area (Å²) in [6, 6.07) is 8.02. The number of para-hydroxylation sites is 2. The average Bonchev–Trinajstić information content (AvgIpc) is 2.96. The number of benzene rings is 1. The van der Waals surface area contributed by atoms with E-state index < -0.39 is 0 Å². The number of rotatable bonds is 3. The van der Waals surface area contributed by atoms with Crippen LogP contribution in [-0.2, 0) is 0 Å². The van der Waals surface area contributed by atoms with Gasteiger partial charge in [-0.15, -0.1) is 10.2 Å². The Hall–Kier alpha value is -1.88. The number of likely N-dealkylation sites (tertiary alicyclic amines) is 1. The molecule has 0 bridgehead atoms. The van der Waals surface area contributed by atoms with Crippen LogP contribution in [0.2, 0.25) is 0 Å². The van der Waals surface area contributed by atoms with Crippen molar-refractivity contribution in [1.82, 2.24) is 19.7 Å². The number of aromatic nitrogens is 3. The molecule has 0 spiro atoms. The van der Waals surface area contributed by atoms with Gasteiger partial charge in [-0.1, -0.05) is 12.1 Å². The quantitative estimate of drug-likeness (QED) is 0.841. The monoisotopic (exact) mass is 258 g/mol. The number of ether oxygens (including phenoxy) is 1. The minimum Gasteiger partial charge on any atom is -0.488 e. The topological polar surface area (TPSA) is 43.2 Å². The van der Waals surface area contributed by atoms with Crippen molar-refractivity contribution in [3.8, 4) is 11.4 Å². The largest absolute Gasteiger partial charge is 0.488 e. The molecule has 1 aromatic carbocycles. The minimum atomic E-state index is 0.300. The lowest BCUT2D eigenvalue weighted by Crippen LogP contribution is -2.35. The zero-order chi connectivity index (χ0) is 13.1. The van der Waals surface area contributed by atoms with Crippen LogP contribution in [0.4, 0.5) is 0 Å². The summed E-state index contributed by atoms with van der Waals surface area (Å²) in [5.74, 6) is 0.900. The number of hydrogen-bond acceptors (Lipinski definition) is 4. The Balaban J connectivity index is 1.78. The fourth-order valence-corrected chi connectivity index (χ4v) is 2.38. The van der Waals surface area contributed by atoms with Crippen LogP contribution in [0.25, 0.3) is 5.69 Å². The summed E-state index contributed by atoms with van der Waals surface area (Å²) < 4.78 is 8.03. The highest BCUT2D eigenvalue weighted by Crippen LogP contribution is 2.25. The predicted molar refractivity (Wildman–Crippen MR) is 72.5 cm³/mol. The van der Waals surface area contributed by atoms with E-state index in [-0.39, 0.29) is 0 Å². The molecule has 19 heavy (non-hydrogen) atoms. The van der Waals surface area contributed by atoms with E-state index in [9.17, 15) is 0 Å². The molecule has 3 rings (SSSR count). The Kier molecular flexibility index (Phi) is 3.46. The van der Waals surface area contributed by atoms with Crippen LogP contribution in [0, 0.1) is 0 Å². The van der Waals surface area contributed by atoms with E-state index in [4.69, 9.17) is 4.74 Å². The van der Waals surface area contributed by atoms with Gasteiger partial charge in [-0.25, -0.2) is 0 Å². The van der Waals surface area contributed by atoms with Crippen LogP contribution in [-0.4, -0.2) is 45.9 Å². The van der Waals surface area contributed by atoms with Gasteiger partial charge in [-0.05, 0) is 32.0 Å². The zero-order valence-corrected chi connectivity index (χ0v) is 11.1. The van der Waals surface area contributed by atoms with Crippen molar-refractivity contribution >= 4 is 0 Å². The van der Waals surface area contributed by atoms with Gasteiger partial charge in [0, 0.05) is 13.1 Å². The molecule has 5 heteroatoms. The van der Waals surface area contributed by atoms with Crippen LogP contribution in [0.15, 0.2) is 36.9 Å². The number of hydrogen-bond donors (Lipinski definition) is 0. The van der Waals surface area contributed by atoms with Gasteiger partial charge in [0.15, 0.2) is 0 Å². The molecule has 100 valence electrons. The first-order valence-electron chi connectivity index (χ1n) is 6.62. The van der Waals surface area contributed by atoms with Crippen molar-refractivity contribution in [2.45, 2.75) is 18.9 Å². The highest BCUT2D eigenvalue weighted by Gasteiger charge is 2.19. The molecule has 0 amide bonds. The summed E-state index contributed by atoms with van der Waals surface area (Å²) in [4.78, 5) is 2.34. The first kappa shape index (κ1) is 12.2. The van der Waals surface area contributed by atoms with Crippen molar-refractivity contribution in [3.63, 3.8) is 0 Å². The molecule has 0 N–H and O–H groups in total. The predicted octanol–water partition coefficient (Wildman–Crippen LogP) is 1.74. The Bertz CT molecular complexity index is 518. The van der Waals surface area contributed by atoms with Crippen molar-refractivity contribution in [2.24, 2.45) is 0 Å². The van der Waals surface area contributed by atoms with Crippen molar-refractivity contribution in [3.05, 3.63) is 36.9 Å². The third kappa shape index (κ3) is 2.76. The van der Waals surface area contributed by atoms with Gasteiger partial charge in [0.05, 0.1) is 5.69 Å². The number of nitrogens with zero attached hydrogens (tertiary/aromatic N) is 4. The molecule has 1 aromatic heterocycles. The molecule has 0 radical (unpaired) electrons. The molecule has 2 aromatic rings. The van der Waals surface area contributed by atoms with Gasteiger partial charge in [0.1, 0.15) is 24.5 Å². The Morgan fingerprint density at radius 3 is 2.53 bits per heavy atom. The molecule has 0 saturated carbocycles. The first-order valence-corrected chi connectivity index (χ1v) is 6.62. The fourth-order valence-electron chi connectivity index (χ4n) is 2.38. The normalized spacial score (nSPS) is 17.5. The standard InChI is InChI=1S/C14H18N4O/c1-17-8-6-12(7-9-17)19-14-5-3-2-4-13(14)18-10-15-16-11-18/h2-5,10-12H,6-9H2,1H3. The summed E-state index contributed by atoms with van der Waals surface area (Å²) in [7, 11) is 2.15. The van der Waals surface area contributed by atoms with E-state index in [0.717, 1.165) is 37.4 Å². The molecule has 0 atom stereocenters. The first-order chi connectivity index (χ1) is 9.33. The van der Waals surface area contributed by atoms with Gasteiger partial charge in [0.25, 0.3) is 0 Å². The molecule has 2 heterocycles. The van der Waals surface area contributed by atoms with Gasteiger partial charge < -0.3 is 9.64 Å². The van der Waals surface area contributed by atoms with Gasteiger partial charge in [0.2, 0.25) is 0 Å². The SMILES string of the molecule is CN1CCC(Oc2ccccc2-n2cnnc2)CC1. The number of piperidine rings is 1. The third-order valence-electron chi connectivity index (χ3n) is 3.52. The Morgan fingerprint density at radius 2 is 1.79 bits per heavy atom.